The van der Waals surface area contributed by atoms with E-state index in [2.05, 4.69) is 10.3 Å². The van der Waals surface area contributed by atoms with Crippen LogP contribution in [0.4, 0.5) is 0 Å². The fourth-order valence-corrected chi connectivity index (χ4v) is 6.04. The van der Waals surface area contributed by atoms with E-state index in [0.29, 0.717) is 30.7 Å². The highest BCUT2D eigenvalue weighted by Crippen LogP contribution is 2.31. The molecule has 9 heteroatoms. The molecule has 1 N–H and O–H groups in total. The molecule has 0 aliphatic carbocycles. The maximum Gasteiger partial charge on any atom is 0.253 e. The monoisotopic (exact) mass is 508 g/mol. The second-order valence-electron chi connectivity index (χ2n) is 9.53. The van der Waals surface area contributed by atoms with Crippen molar-refractivity contribution >= 4 is 33.7 Å². The van der Waals surface area contributed by atoms with E-state index in [1.807, 2.05) is 49.4 Å². The lowest BCUT2D eigenvalue weighted by Crippen LogP contribution is -2.50. The largest absolute Gasteiger partial charge is 0.345 e. The zero-order valence-corrected chi connectivity index (χ0v) is 21.7. The van der Waals surface area contributed by atoms with Gasteiger partial charge in [0.1, 0.15) is 11.4 Å². The number of carbonyl (C=O) groups excluding carboxylic acids is 2. The van der Waals surface area contributed by atoms with Crippen LogP contribution < -0.4 is 5.32 Å². The summed E-state index contributed by atoms with van der Waals surface area (Å²) < 4.78 is 27.6. The number of amidine groups is 1. The van der Waals surface area contributed by atoms with Gasteiger partial charge in [0.25, 0.3) is 11.8 Å². The number of nitrogens with zero attached hydrogens (tertiary/aromatic N) is 3. The van der Waals surface area contributed by atoms with Crippen LogP contribution in [-0.2, 0) is 21.2 Å². The van der Waals surface area contributed by atoms with Crippen molar-refractivity contribution in [3.05, 3.63) is 76.9 Å². The highest BCUT2D eigenvalue weighted by Gasteiger charge is 2.46. The molecular formula is C27H32N4O4S. The van der Waals surface area contributed by atoms with Crippen LogP contribution >= 0.6 is 0 Å². The summed E-state index contributed by atoms with van der Waals surface area (Å²) in [5.74, 6) is 0.224. The van der Waals surface area contributed by atoms with Gasteiger partial charge in [0.15, 0.2) is 0 Å². The van der Waals surface area contributed by atoms with Gasteiger partial charge in [0.05, 0.1) is 5.75 Å². The van der Waals surface area contributed by atoms with Gasteiger partial charge in [0, 0.05) is 32.7 Å². The van der Waals surface area contributed by atoms with E-state index in [4.69, 9.17) is 0 Å². The Bertz CT molecular complexity index is 1310. The molecule has 1 fully saturated rings. The fourth-order valence-electron chi connectivity index (χ4n) is 4.57. The summed E-state index contributed by atoms with van der Waals surface area (Å²) in [4.78, 5) is 31.1. The molecule has 0 unspecified atom stereocenters. The lowest BCUT2D eigenvalue weighted by molar-refractivity contribution is -0.124. The lowest BCUT2D eigenvalue weighted by Gasteiger charge is -2.34. The minimum atomic E-state index is -3.50. The number of aliphatic imine (C=N–C) groups is 1. The molecule has 0 saturated carbocycles. The van der Waals surface area contributed by atoms with E-state index in [0.717, 1.165) is 16.7 Å². The number of benzene rings is 2. The van der Waals surface area contributed by atoms with Crippen molar-refractivity contribution in [2.75, 3.05) is 32.9 Å². The molecular weight excluding hydrogens is 476 g/mol. The first kappa shape index (κ1) is 25.8. The zero-order chi connectivity index (χ0) is 25.9. The number of amides is 2. The number of sulfonamides is 1. The van der Waals surface area contributed by atoms with Gasteiger partial charge in [-0.1, -0.05) is 42.5 Å². The molecule has 2 aliphatic heterocycles. The number of rotatable bonds is 7. The Morgan fingerprint density at radius 3 is 2.44 bits per heavy atom. The summed E-state index contributed by atoms with van der Waals surface area (Å²) in [5.41, 5.74) is 2.47. The van der Waals surface area contributed by atoms with Crippen molar-refractivity contribution in [2.24, 2.45) is 4.99 Å². The number of hydrogen-bond donors (Lipinski definition) is 1. The highest BCUT2D eigenvalue weighted by molar-refractivity contribution is 7.89. The predicted molar refractivity (Wildman–Crippen MR) is 141 cm³/mol. The molecule has 1 spiro atoms. The van der Waals surface area contributed by atoms with Crippen LogP contribution in [0.25, 0.3) is 6.08 Å². The summed E-state index contributed by atoms with van der Waals surface area (Å²) in [6.45, 7) is 2.40. The van der Waals surface area contributed by atoms with Crippen molar-refractivity contribution in [1.29, 1.82) is 0 Å². The maximum atomic E-state index is 13.1. The fraction of sp³-hybridized carbons (Fsp3) is 0.370. The molecule has 0 radical (unpaired) electrons. The van der Waals surface area contributed by atoms with E-state index < -0.39 is 15.6 Å². The molecule has 2 aromatic carbocycles. The van der Waals surface area contributed by atoms with Gasteiger partial charge in [-0.2, -0.15) is 0 Å². The van der Waals surface area contributed by atoms with Gasteiger partial charge in [0.2, 0.25) is 10.0 Å². The average Bonchev–Trinajstić information content (AvgIpc) is 3.16. The van der Waals surface area contributed by atoms with Gasteiger partial charge in [-0.3, -0.25) is 14.6 Å². The minimum absolute atomic E-state index is 0.0255. The van der Waals surface area contributed by atoms with E-state index in [9.17, 15) is 18.0 Å². The summed E-state index contributed by atoms with van der Waals surface area (Å²) in [6, 6.07) is 15.1. The number of piperidine rings is 1. The molecule has 2 aromatic rings. The van der Waals surface area contributed by atoms with Crippen LogP contribution in [-0.4, -0.2) is 73.7 Å². The molecule has 0 aromatic heterocycles. The molecule has 4 rings (SSSR count). The standard InChI is InChI=1S/C27H32N4O4S/c1-20-19-23(25(32)30(2)3)11-10-22(20)13-18-36(34,35)31-16-14-27(15-17-31)26(33)28-24(29-27)12-9-21-7-5-4-6-8-21/h4-12,19H,13-18H2,1-3H3,(H,28,29,33). The van der Waals surface area contributed by atoms with E-state index >= 15 is 0 Å². The Balaban J connectivity index is 1.36. The molecule has 2 amide bonds. The third-order valence-corrected chi connectivity index (χ3v) is 8.67. The SMILES string of the molecule is Cc1cc(C(=O)N(C)C)ccc1CCS(=O)(=O)N1CCC2(CC1)N=C(C=Cc1ccccc1)NC2=O. The molecule has 8 nitrogen and oxygen atoms in total. The lowest BCUT2D eigenvalue weighted by atomic mass is 9.89. The molecule has 36 heavy (non-hydrogen) atoms. The number of hydrogen-bond acceptors (Lipinski definition) is 5. The quantitative estimate of drug-likeness (QED) is 0.622. The molecule has 190 valence electrons. The number of aryl methyl sites for hydroxylation is 2. The first-order chi connectivity index (χ1) is 17.1. The summed E-state index contributed by atoms with van der Waals surface area (Å²) >= 11 is 0. The normalized spacial score (nSPS) is 17.9. The van der Waals surface area contributed by atoms with Crippen LogP contribution in [0, 0.1) is 6.92 Å². The predicted octanol–water partition coefficient (Wildman–Crippen LogP) is 2.65. The molecule has 2 heterocycles. The van der Waals surface area contributed by atoms with Crippen molar-refractivity contribution in [3.63, 3.8) is 0 Å². The second-order valence-corrected chi connectivity index (χ2v) is 11.6. The van der Waals surface area contributed by atoms with Crippen molar-refractivity contribution in [1.82, 2.24) is 14.5 Å². The van der Waals surface area contributed by atoms with Gasteiger partial charge in [-0.05, 0) is 61.1 Å². The molecule has 0 bridgehead atoms. The van der Waals surface area contributed by atoms with Crippen LogP contribution in [0.15, 0.2) is 59.6 Å². The molecule has 2 aliphatic rings. The summed E-state index contributed by atoms with van der Waals surface area (Å²) in [6.07, 6.45) is 4.73. The Labute approximate surface area is 212 Å². The summed E-state index contributed by atoms with van der Waals surface area (Å²) in [7, 11) is -0.102. The van der Waals surface area contributed by atoms with Crippen LogP contribution in [0.5, 0.6) is 0 Å². The van der Waals surface area contributed by atoms with Crippen LogP contribution in [0.2, 0.25) is 0 Å². The van der Waals surface area contributed by atoms with Gasteiger partial charge >= 0.3 is 0 Å². The van der Waals surface area contributed by atoms with Gasteiger partial charge in [-0.15, -0.1) is 0 Å². The summed E-state index contributed by atoms with van der Waals surface area (Å²) in [5, 5.41) is 2.84. The Morgan fingerprint density at radius 2 is 1.81 bits per heavy atom. The number of nitrogens with one attached hydrogen (secondary N) is 1. The Kier molecular flexibility index (Phi) is 7.42. The molecule has 0 atom stereocenters. The molecule has 1 saturated heterocycles. The van der Waals surface area contributed by atoms with Crippen molar-refractivity contribution in [3.8, 4) is 0 Å². The van der Waals surface area contributed by atoms with Crippen LogP contribution in [0.3, 0.4) is 0 Å². The average molecular weight is 509 g/mol. The highest BCUT2D eigenvalue weighted by atomic mass is 32.2. The van der Waals surface area contributed by atoms with E-state index in [1.165, 1.54) is 9.21 Å². The van der Waals surface area contributed by atoms with Gasteiger partial charge < -0.3 is 10.2 Å². The zero-order valence-electron chi connectivity index (χ0n) is 20.9. The van der Waals surface area contributed by atoms with Crippen molar-refractivity contribution in [2.45, 2.75) is 31.7 Å². The van der Waals surface area contributed by atoms with Crippen LogP contribution in [0.1, 0.15) is 39.9 Å². The van der Waals surface area contributed by atoms with E-state index in [1.54, 1.807) is 32.3 Å². The minimum Gasteiger partial charge on any atom is -0.345 e. The number of carbonyl (C=O) groups is 2. The Hall–Kier alpha value is -3.30. The first-order valence-corrected chi connectivity index (χ1v) is 13.6. The maximum absolute atomic E-state index is 13.1. The second kappa shape index (κ2) is 10.4. The Morgan fingerprint density at radius 1 is 1.11 bits per heavy atom. The topological polar surface area (TPSA) is 99.2 Å². The first-order valence-electron chi connectivity index (χ1n) is 12.0. The third-order valence-electron chi connectivity index (χ3n) is 6.80. The van der Waals surface area contributed by atoms with Crippen molar-refractivity contribution < 1.29 is 18.0 Å². The van der Waals surface area contributed by atoms with Gasteiger partial charge in [-0.25, -0.2) is 12.7 Å². The third kappa shape index (κ3) is 5.57. The van der Waals surface area contributed by atoms with E-state index in [-0.39, 0.29) is 30.7 Å². The smallest absolute Gasteiger partial charge is 0.253 e.